The van der Waals surface area contributed by atoms with E-state index >= 15 is 0 Å². The lowest BCUT2D eigenvalue weighted by molar-refractivity contribution is 0.123. The smallest absolute Gasteiger partial charge is 0.262 e. The van der Waals surface area contributed by atoms with Crippen LogP contribution >= 0.6 is 0 Å². The molecule has 0 atom stereocenters. The first-order valence-corrected chi connectivity index (χ1v) is 5.27. The Morgan fingerprint density at radius 1 is 1.36 bits per heavy atom. The van der Waals surface area contributed by atoms with Gasteiger partial charge in [0.15, 0.2) is 0 Å². The second-order valence-corrected chi connectivity index (χ2v) is 4.04. The highest BCUT2D eigenvalue weighted by Gasteiger charge is 2.12. The van der Waals surface area contributed by atoms with Crippen LogP contribution in [0.3, 0.4) is 0 Å². The zero-order valence-electron chi connectivity index (χ0n) is 7.30. The Kier molecular flexibility index (Phi) is 3.65. The average molecular weight is 211 g/mol. The van der Waals surface area contributed by atoms with E-state index < -0.39 is 10.0 Å². The Morgan fingerprint density at radius 3 is 2.57 bits per heavy atom. The van der Waals surface area contributed by atoms with Crippen LogP contribution in [0.15, 0.2) is 35.2 Å². The van der Waals surface area contributed by atoms with Gasteiger partial charge in [0, 0.05) is 0 Å². The summed E-state index contributed by atoms with van der Waals surface area (Å²) in [6.45, 7) is -0.105. The van der Waals surface area contributed by atoms with Crippen molar-refractivity contribution in [1.82, 2.24) is 4.89 Å². The van der Waals surface area contributed by atoms with Gasteiger partial charge in [-0.05, 0) is 12.1 Å². The molecule has 14 heavy (non-hydrogen) atoms. The van der Waals surface area contributed by atoms with Gasteiger partial charge in [-0.1, -0.05) is 29.0 Å². The third-order valence-electron chi connectivity index (χ3n) is 1.38. The molecule has 0 bridgehead atoms. The van der Waals surface area contributed by atoms with E-state index in [9.17, 15) is 8.42 Å². The first kappa shape index (κ1) is 10.7. The number of hydrogen-bond donors (Lipinski definition) is 1. The molecule has 0 aliphatic heterocycles. The van der Waals surface area contributed by atoms with Crippen molar-refractivity contribution in [2.75, 3.05) is 6.61 Å². The number of terminal acetylenes is 1. The number of nitrogens with one attached hydrogen (secondary N) is 1. The van der Waals surface area contributed by atoms with Gasteiger partial charge in [0.2, 0.25) is 0 Å². The summed E-state index contributed by atoms with van der Waals surface area (Å²) >= 11 is 0. The molecule has 0 radical (unpaired) electrons. The minimum Gasteiger partial charge on any atom is -0.274 e. The monoisotopic (exact) mass is 211 g/mol. The van der Waals surface area contributed by atoms with Crippen LogP contribution in [0.1, 0.15) is 0 Å². The van der Waals surface area contributed by atoms with Gasteiger partial charge in [-0.25, -0.2) is 8.42 Å². The highest BCUT2D eigenvalue weighted by Crippen LogP contribution is 2.06. The molecule has 4 nitrogen and oxygen atoms in total. The fourth-order valence-electron chi connectivity index (χ4n) is 0.796. The molecule has 0 unspecified atom stereocenters. The molecule has 1 aromatic rings. The van der Waals surface area contributed by atoms with E-state index in [2.05, 4.69) is 10.8 Å². The summed E-state index contributed by atoms with van der Waals surface area (Å²) in [6, 6.07) is 7.88. The topological polar surface area (TPSA) is 55.4 Å². The second-order valence-electron chi connectivity index (χ2n) is 2.39. The van der Waals surface area contributed by atoms with E-state index in [1.807, 2.05) is 4.89 Å². The normalized spacial score (nSPS) is 10.8. The second kappa shape index (κ2) is 4.77. The summed E-state index contributed by atoms with van der Waals surface area (Å²) in [7, 11) is -3.60. The van der Waals surface area contributed by atoms with Gasteiger partial charge in [0.25, 0.3) is 10.0 Å². The largest absolute Gasteiger partial charge is 0.274 e. The quantitative estimate of drug-likeness (QED) is 0.449. The van der Waals surface area contributed by atoms with Gasteiger partial charge < -0.3 is 0 Å². The average Bonchev–Trinajstić information content (AvgIpc) is 2.19. The van der Waals surface area contributed by atoms with Crippen LogP contribution in [0.2, 0.25) is 0 Å². The predicted octanol–water partition coefficient (Wildman–Crippen LogP) is 0.530. The number of benzene rings is 1. The summed E-state index contributed by atoms with van der Waals surface area (Å²) < 4.78 is 22.8. The number of rotatable bonds is 4. The molecule has 0 saturated heterocycles. The van der Waals surface area contributed by atoms with Crippen molar-refractivity contribution in [2.24, 2.45) is 0 Å². The minimum absolute atomic E-state index is 0.105. The molecule has 0 amide bonds. The molecule has 74 valence electrons. The zero-order valence-corrected chi connectivity index (χ0v) is 8.12. The molecule has 1 aromatic carbocycles. The predicted molar refractivity (Wildman–Crippen MR) is 51.5 cm³/mol. The maximum Gasteiger partial charge on any atom is 0.262 e. The van der Waals surface area contributed by atoms with E-state index in [1.54, 1.807) is 18.2 Å². The third kappa shape index (κ3) is 2.85. The molecule has 0 aromatic heterocycles. The zero-order chi connectivity index (χ0) is 10.4. The molecular weight excluding hydrogens is 202 g/mol. The lowest BCUT2D eigenvalue weighted by Gasteiger charge is -2.04. The Hall–Kier alpha value is -1.35. The molecule has 0 spiro atoms. The standard InChI is InChI=1S/C9H9NO3S/c1-2-8-13-10-14(11,12)9-6-4-3-5-7-9/h1,3-7,10H,8H2. The molecule has 0 aliphatic carbocycles. The van der Waals surface area contributed by atoms with Gasteiger partial charge in [0.05, 0.1) is 4.90 Å². The van der Waals surface area contributed by atoms with E-state index in [0.717, 1.165) is 0 Å². The lowest BCUT2D eigenvalue weighted by atomic mass is 10.4. The lowest BCUT2D eigenvalue weighted by Crippen LogP contribution is -2.24. The Balaban J connectivity index is 2.73. The van der Waals surface area contributed by atoms with Crippen LogP contribution in [0.25, 0.3) is 0 Å². The Bertz CT molecular complexity index is 419. The van der Waals surface area contributed by atoms with Crippen molar-refractivity contribution in [2.45, 2.75) is 4.90 Å². The Labute approximate surface area is 82.9 Å². The van der Waals surface area contributed by atoms with Gasteiger partial charge in [-0.15, -0.1) is 6.42 Å². The summed E-state index contributed by atoms with van der Waals surface area (Å²) in [5.74, 6) is 2.14. The van der Waals surface area contributed by atoms with E-state index in [4.69, 9.17) is 6.42 Å². The SMILES string of the molecule is C#CCONS(=O)(=O)c1ccccc1. The van der Waals surface area contributed by atoms with Crippen LogP contribution < -0.4 is 4.89 Å². The van der Waals surface area contributed by atoms with Gasteiger partial charge >= 0.3 is 0 Å². The summed E-state index contributed by atoms with van der Waals surface area (Å²) in [5.41, 5.74) is 0. The highest BCUT2D eigenvalue weighted by molar-refractivity contribution is 7.89. The van der Waals surface area contributed by atoms with Gasteiger partial charge in [-0.3, -0.25) is 4.84 Å². The fourth-order valence-corrected chi connectivity index (χ4v) is 1.62. The first-order chi connectivity index (χ1) is 6.67. The van der Waals surface area contributed by atoms with Crippen LogP contribution in [0.5, 0.6) is 0 Å². The maximum absolute atomic E-state index is 11.4. The first-order valence-electron chi connectivity index (χ1n) is 3.79. The number of sulfonamides is 1. The van der Waals surface area contributed by atoms with E-state index in [1.165, 1.54) is 12.1 Å². The maximum atomic E-state index is 11.4. The number of hydrogen-bond acceptors (Lipinski definition) is 3. The molecule has 0 aliphatic rings. The van der Waals surface area contributed by atoms with Gasteiger partial charge in [0.1, 0.15) is 6.61 Å². The third-order valence-corrected chi connectivity index (χ3v) is 2.61. The highest BCUT2D eigenvalue weighted by atomic mass is 32.2. The molecule has 0 saturated carbocycles. The van der Waals surface area contributed by atoms with Crippen LogP contribution in [0, 0.1) is 12.3 Å². The summed E-state index contributed by atoms with van der Waals surface area (Å²) in [4.78, 5) is 6.57. The van der Waals surface area contributed by atoms with Crippen LogP contribution in [0.4, 0.5) is 0 Å². The Morgan fingerprint density at radius 2 is 2.00 bits per heavy atom. The van der Waals surface area contributed by atoms with Crippen LogP contribution in [-0.4, -0.2) is 15.0 Å². The van der Waals surface area contributed by atoms with Crippen molar-refractivity contribution in [1.29, 1.82) is 0 Å². The van der Waals surface area contributed by atoms with Gasteiger partial charge in [-0.2, -0.15) is 0 Å². The van der Waals surface area contributed by atoms with E-state index in [-0.39, 0.29) is 11.5 Å². The summed E-state index contributed by atoms with van der Waals surface area (Å²) in [6.07, 6.45) is 4.89. The van der Waals surface area contributed by atoms with Crippen molar-refractivity contribution >= 4 is 10.0 Å². The van der Waals surface area contributed by atoms with E-state index in [0.29, 0.717) is 0 Å². The molecule has 1 N–H and O–H groups in total. The van der Waals surface area contributed by atoms with Crippen molar-refractivity contribution in [3.63, 3.8) is 0 Å². The van der Waals surface area contributed by atoms with Crippen molar-refractivity contribution < 1.29 is 13.3 Å². The molecule has 1 rings (SSSR count). The molecule has 0 fully saturated rings. The minimum atomic E-state index is -3.60. The fraction of sp³-hybridized carbons (Fsp3) is 0.111. The van der Waals surface area contributed by atoms with Crippen LogP contribution in [-0.2, 0) is 14.9 Å². The van der Waals surface area contributed by atoms with Crippen molar-refractivity contribution in [3.8, 4) is 12.3 Å². The van der Waals surface area contributed by atoms with Crippen molar-refractivity contribution in [3.05, 3.63) is 30.3 Å². The summed E-state index contributed by atoms with van der Waals surface area (Å²) in [5, 5.41) is 0. The molecule has 0 heterocycles. The molecule has 5 heteroatoms. The molecular formula is C9H9NO3S.